The summed E-state index contributed by atoms with van der Waals surface area (Å²) in [5.74, 6) is -0.149. The van der Waals surface area contributed by atoms with Crippen LogP contribution in [0.25, 0.3) is 11.3 Å². The third-order valence-corrected chi connectivity index (χ3v) is 2.46. The number of aromatic nitrogens is 1. The van der Waals surface area contributed by atoms with E-state index >= 15 is 0 Å². The number of benzene rings is 1. The lowest BCUT2D eigenvalue weighted by molar-refractivity contribution is -0.140. The predicted molar refractivity (Wildman–Crippen MR) is 62.2 cm³/mol. The molecule has 0 saturated heterocycles. The molecule has 0 radical (unpaired) electrons. The molecule has 1 heterocycles. The van der Waals surface area contributed by atoms with E-state index < -0.39 is 0 Å². The van der Waals surface area contributed by atoms with Gasteiger partial charge < -0.3 is 9.15 Å². The molecule has 1 aromatic carbocycles. The number of aryl methyl sites for hydroxylation is 1. The van der Waals surface area contributed by atoms with Gasteiger partial charge in [0.15, 0.2) is 5.89 Å². The molecule has 94 valence electrons. The fourth-order valence-corrected chi connectivity index (χ4v) is 1.49. The summed E-state index contributed by atoms with van der Waals surface area (Å²) in [5.41, 5.74) is 1.39. The predicted octanol–water partition coefficient (Wildman–Crippen LogP) is 2.59. The van der Waals surface area contributed by atoms with Crippen molar-refractivity contribution in [3.63, 3.8) is 0 Å². The zero-order chi connectivity index (χ0) is 13.0. The summed E-state index contributed by atoms with van der Waals surface area (Å²) in [7, 11) is 1.34. The molecule has 0 atom stereocenters. The van der Waals surface area contributed by atoms with E-state index in [1.807, 2.05) is 0 Å². The second kappa shape index (κ2) is 5.44. The van der Waals surface area contributed by atoms with Crippen LogP contribution in [0, 0.1) is 5.82 Å². The normalized spacial score (nSPS) is 10.3. The van der Waals surface area contributed by atoms with Crippen molar-refractivity contribution >= 4 is 5.97 Å². The van der Waals surface area contributed by atoms with E-state index in [1.54, 1.807) is 12.1 Å². The van der Waals surface area contributed by atoms with Crippen LogP contribution in [0.15, 0.2) is 34.9 Å². The van der Waals surface area contributed by atoms with E-state index in [1.165, 1.54) is 25.5 Å². The molecule has 5 heteroatoms. The maximum Gasteiger partial charge on any atom is 0.306 e. The number of carbonyl (C=O) groups is 1. The largest absolute Gasteiger partial charge is 0.469 e. The molecule has 2 rings (SSSR count). The van der Waals surface area contributed by atoms with Gasteiger partial charge in [-0.2, -0.15) is 0 Å². The van der Waals surface area contributed by atoms with Crippen LogP contribution in [0.1, 0.15) is 12.3 Å². The summed E-state index contributed by atoms with van der Waals surface area (Å²) < 4.78 is 22.5. The van der Waals surface area contributed by atoms with Gasteiger partial charge in [0.1, 0.15) is 17.8 Å². The van der Waals surface area contributed by atoms with Gasteiger partial charge in [-0.15, -0.1) is 0 Å². The Kier molecular flexibility index (Phi) is 3.72. The monoisotopic (exact) mass is 249 g/mol. The molecule has 0 fully saturated rings. The lowest BCUT2D eigenvalue weighted by atomic mass is 10.2. The van der Waals surface area contributed by atoms with Gasteiger partial charge >= 0.3 is 5.97 Å². The lowest BCUT2D eigenvalue weighted by Crippen LogP contribution is -2.01. The van der Waals surface area contributed by atoms with Crippen molar-refractivity contribution in [1.82, 2.24) is 4.98 Å². The number of methoxy groups -OCH3 is 1. The van der Waals surface area contributed by atoms with Crippen LogP contribution >= 0.6 is 0 Å². The average Bonchev–Trinajstić information content (AvgIpc) is 2.85. The van der Waals surface area contributed by atoms with Crippen molar-refractivity contribution < 1.29 is 18.3 Å². The molecule has 0 aliphatic carbocycles. The van der Waals surface area contributed by atoms with Crippen LogP contribution < -0.4 is 0 Å². The zero-order valence-corrected chi connectivity index (χ0v) is 9.85. The zero-order valence-electron chi connectivity index (χ0n) is 9.85. The molecule has 0 aliphatic heterocycles. The van der Waals surface area contributed by atoms with E-state index in [4.69, 9.17) is 4.42 Å². The third-order valence-electron chi connectivity index (χ3n) is 2.46. The molecule has 0 saturated carbocycles. The second-order valence-electron chi connectivity index (χ2n) is 3.71. The van der Waals surface area contributed by atoms with E-state index in [0.29, 0.717) is 18.0 Å². The molecular weight excluding hydrogens is 237 g/mol. The highest BCUT2D eigenvalue weighted by atomic mass is 19.1. The summed E-state index contributed by atoms with van der Waals surface area (Å²) in [6, 6.07) is 5.96. The first-order valence-electron chi connectivity index (χ1n) is 5.46. The number of carbonyl (C=O) groups excluding carboxylic acids is 1. The maximum absolute atomic E-state index is 12.8. The van der Waals surface area contributed by atoms with E-state index in [9.17, 15) is 9.18 Å². The molecule has 18 heavy (non-hydrogen) atoms. The quantitative estimate of drug-likeness (QED) is 0.781. The van der Waals surface area contributed by atoms with Crippen LogP contribution in [0.3, 0.4) is 0 Å². The van der Waals surface area contributed by atoms with Crippen LogP contribution in [0.5, 0.6) is 0 Å². The third kappa shape index (κ3) is 2.94. The van der Waals surface area contributed by atoms with Gasteiger partial charge in [0.2, 0.25) is 0 Å². The number of ether oxygens (including phenoxy) is 1. The number of nitrogens with zero attached hydrogens (tertiary/aromatic N) is 1. The number of halogens is 1. The first-order chi connectivity index (χ1) is 8.69. The van der Waals surface area contributed by atoms with Crippen LogP contribution in [-0.4, -0.2) is 18.1 Å². The minimum Gasteiger partial charge on any atom is -0.469 e. The van der Waals surface area contributed by atoms with E-state index in [-0.39, 0.29) is 18.2 Å². The van der Waals surface area contributed by atoms with Crippen molar-refractivity contribution in [1.29, 1.82) is 0 Å². The highest BCUT2D eigenvalue weighted by molar-refractivity contribution is 5.69. The maximum atomic E-state index is 12.8. The summed E-state index contributed by atoms with van der Waals surface area (Å²) in [6.45, 7) is 0. The standard InChI is InChI=1S/C13H12FNO3/c1-17-13(16)7-6-12-15-11(8-18-12)9-2-4-10(14)5-3-9/h2-5,8H,6-7H2,1H3. The van der Waals surface area contributed by atoms with Gasteiger partial charge in [-0.05, 0) is 24.3 Å². The first kappa shape index (κ1) is 12.3. The average molecular weight is 249 g/mol. The Morgan fingerprint density at radius 2 is 2.11 bits per heavy atom. The Morgan fingerprint density at radius 1 is 1.39 bits per heavy atom. The Balaban J connectivity index is 2.06. The van der Waals surface area contributed by atoms with Gasteiger partial charge in [0, 0.05) is 12.0 Å². The summed E-state index contributed by atoms with van der Waals surface area (Å²) in [6.07, 6.45) is 2.09. The first-order valence-corrected chi connectivity index (χ1v) is 5.46. The van der Waals surface area contributed by atoms with E-state index in [2.05, 4.69) is 9.72 Å². The fourth-order valence-electron chi connectivity index (χ4n) is 1.49. The molecule has 0 unspecified atom stereocenters. The fraction of sp³-hybridized carbons (Fsp3) is 0.231. The Bertz CT molecular complexity index is 533. The topological polar surface area (TPSA) is 52.3 Å². The molecule has 0 bridgehead atoms. The Hall–Kier alpha value is -2.17. The molecule has 0 amide bonds. The second-order valence-corrected chi connectivity index (χ2v) is 3.71. The minimum atomic E-state index is -0.309. The van der Waals surface area contributed by atoms with Crippen molar-refractivity contribution in [3.05, 3.63) is 42.2 Å². The SMILES string of the molecule is COC(=O)CCc1nc(-c2ccc(F)cc2)co1. The summed E-state index contributed by atoms with van der Waals surface area (Å²) >= 11 is 0. The van der Waals surface area contributed by atoms with Gasteiger partial charge in [-0.25, -0.2) is 9.37 Å². The minimum absolute atomic E-state index is 0.222. The summed E-state index contributed by atoms with van der Waals surface area (Å²) in [4.78, 5) is 15.2. The van der Waals surface area contributed by atoms with Gasteiger partial charge in [-0.1, -0.05) is 0 Å². The number of rotatable bonds is 4. The number of hydrogen-bond donors (Lipinski definition) is 0. The molecule has 4 nitrogen and oxygen atoms in total. The van der Waals surface area contributed by atoms with Crippen molar-refractivity contribution in [2.75, 3.05) is 7.11 Å². The van der Waals surface area contributed by atoms with Crippen LogP contribution in [0.2, 0.25) is 0 Å². The summed E-state index contributed by atoms with van der Waals surface area (Å²) in [5, 5.41) is 0. The van der Waals surface area contributed by atoms with Crippen molar-refractivity contribution in [2.24, 2.45) is 0 Å². The highest BCUT2D eigenvalue weighted by Crippen LogP contribution is 2.19. The molecule has 1 aromatic heterocycles. The van der Waals surface area contributed by atoms with Crippen molar-refractivity contribution in [2.45, 2.75) is 12.8 Å². The van der Waals surface area contributed by atoms with Crippen LogP contribution in [0.4, 0.5) is 4.39 Å². The number of esters is 1. The highest BCUT2D eigenvalue weighted by Gasteiger charge is 2.08. The van der Waals surface area contributed by atoms with E-state index in [0.717, 1.165) is 5.56 Å². The molecule has 0 N–H and O–H groups in total. The Labute approximate surface area is 103 Å². The van der Waals surface area contributed by atoms with Gasteiger partial charge in [-0.3, -0.25) is 4.79 Å². The van der Waals surface area contributed by atoms with Gasteiger partial charge in [0.05, 0.1) is 13.5 Å². The Morgan fingerprint density at radius 3 is 2.78 bits per heavy atom. The molecule has 2 aromatic rings. The molecule has 0 aliphatic rings. The molecular formula is C13H12FNO3. The number of oxazole rings is 1. The lowest BCUT2D eigenvalue weighted by Gasteiger charge is -1.95. The number of hydrogen-bond acceptors (Lipinski definition) is 4. The van der Waals surface area contributed by atoms with Gasteiger partial charge in [0.25, 0.3) is 0 Å². The van der Waals surface area contributed by atoms with Crippen molar-refractivity contribution in [3.8, 4) is 11.3 Å². The van der Waals surface area contributed by atoms with Crippen LogP contribution in [-0.2, 0) is 16.0 Å². The molecule has 0 spiro atoms. The smallest absolute Gasteiger partial charge is 0.306 e.